The molecule has 4 heterocycles. The topological polar surface area (TPSA) is 42.1 Å². The highest BCUT2D eigenvalue weighted by Gasteiger charge is 2.42. The number of hydrogen-bond acceptors (Lipinski definition) is 5. The van der Waals surface area contributed by atoms with Crippen molar-refractivity contribution < 1.29 is 13.2 Å². The van der Waals surface area contributed by atoms with E-state index in [4.69, 9.17) is 5.10 Å². The van der Waals surface area contributed by atoms with Crippen LogP contribution in [0.15, 0.2) is 49.3 Å². The van der Waals surface area contributed by atoms with Gasteiger partial charge in [-0.1, -0.05) is 25.5 Å². The largest absolute Gasteiger partial charge is 0.365 e. The van der Waals surface area contributed by atoms with Crippen molar-refractivity contribution in [1.82, 2.24) is 18.7 Å². The normalized spacial score (nSPS) is 19.0. The third-order valence-corrected chi connectivity index (χ3v) is 7.70. The highest BCUT2D eigenvalue weighted by Crippen LogP contribution is 2.49. The maximum absolute atomic E-state index is 15.9. The summed E-state index contributed by atoms with van der Waals surface area (Å²) >= 11 is 4.39. The van der Waals surface area contributed by atoms with Crippen LogP contribution in [-0.2, 0) is 0 Å². The van der Waals surface area contributed by atoms with Gasteiger partial charge in [-0.2, -0.15) is 5.10 Å². The summed E-state index contributed by atoms with van der Waals surface area (Å²) in [7, 11) is 0. The number of hydrogen-bond donors (Lipinski definition) is 1. The number of thiol groups is 1. The average Bonchev–Trinajstić information content (AvgIpc) is 3.57. The number of fused-ring (bicyclic) bond motifs is 2. The van der Waals surface area contributed by atoms with Crippen LogP contribution in [0.2, 0.25) is 0 Å². The molecule has 0 amide bonds. The van der Waals surface area contributed by atoms with Crippen molar-refractivity contribution in [2.75, 3.05) is 22.9 Å². The molecule has 1 fully saturated rings. The van der Waals surface area contributed by atoms with E-state index in [0.29, 0.717) is 16.9 Å². The van der Waals surface area contributed by atoms with Crippen LogP contribution in [0.5, 0.6) is 0 Å². The van der Waals surface area contributed by atoms with Crippen molar-refractivity contribution in [1.29, 1.82) is 0 Å². The molecule has 0 saturated carbocycles. The number of alkyl halides is 2. The quantitative estimate of drug-likeness (QED) is 0.315. The molecule has 2 aliphatic rings. The summed E-state index contributed by atoms with van der Waals surface area (Å²) in [5.74, 6) is -3.22. The van der Waals surface area contributed by atoms with Gasteiger partial charge in [0.15, 0.2) is 0 Å². The molecule has 0 aliphatic carbocycles. The summed E-state index contributed by atoms with van der Waals surface area (Å²) in [4.78, 5) is 7.94. The number of nitrogens with zero attached hydrogens (tertiary/aromatic N) is 6. The second-order valence-corrected chi connectivity index (χ2v) is 10.5. The molecule has 1 atom stereocenters. The molecule has 4 aromatic rings. The van der Waals surface area contributed by atoms with Gasteiger partial charge >= 0.3 is 0 Å². The standard InChI is InChI=1S/C27H27F3N6S/c1-15(2)36-16(3)24-25(32-36)17(4)35(19-6-8-23-22(12-19)31-14-34(23)37)26(24)20-7-5-18(11-21(20)28)33-10-9-27(29,30)13-33/h5-8,11-12,14-15,26,37H,4,9-10,13H2,1-3H3. The Bertz CT molecular complexity index is 1560. The van der Waals surface area contributed by atoms with Gasteiger partial charge in [-0.3, -0.25) is 8.65 Å². The van der Waals surface area contributed by atoms with Gasteiger partial charge in [0.2, 0.25) is 0 Å². The summed E-state index contributed by atoms with van der Waals surface area (Å²) in [6, 6.07) is 10.2. The number of anilines is 2. The third-order valence-electron chi connectivity index (χ3n) is 7.38. The molecule has 0 bridgehead atoms. The lowest BCUT2D eigenvalue weighted by molar-refractivity contribution is 0.0257. The summed E-state index contributed by atoms with van der Waals surface area (Å²) in [5, 5.41) is 4.84. The molecule has 0 N–H and O–H groups in total. The van der Waals surface area contributed by atoms with E-state index in [-0.39, 0.29) is 19.0 Å². The Hall–Kier alpha value is -3.40. The summed E-state index contributed by atoms with van der Waals surface area (Å²) in [6.07, 6.45) is 1.40. The number of rotatable bonds is 4. The first-order valence-electron chi connectivity index (χ1n) is 12.2. The van der Waals surface area contributed by atoms with E-state index >= 15 is 4.39 Å². The predicted octanol–water partition coefficient (Wildman–Crippen LogP) is 6.38. The highest BCUT2D eigenvalue weighted by atomic mass is 32.1. The SMILES string of the molecule is C=C1c2nn(C(C)C)c(C)c2C(c2ccc(N3CCC(F)(F)C3)cc2F)N1c1ccc2c(c1)ncn2S. The van der Waals surface area contributed by atoms with Gasteiger partial charge in [0.25, 0.3) is 5.92 Å². The fraction of sp³-hybridized carbons (Fsp3) is 0.333. The second-order valence-electron chi connectivity index (χ2n) is 10.1. The van der Waals surface area contributed by atoms with Crippen molar-refractivity contribution in [2.45, 2.75) is 45.2 Å². The Labute approximate surface area is 218 Å². The first kappa shape index (κ1) is 24.0. The fourth-order valence-electron chi connectivity index (χ4n) is 5.60. The zero-order valence-electron chi connectivity index (χ0n) is 20.8. The molecule has 2 aliphatic heterocycles. The minimum absolute atomic E-state index is 0.118. The number of benzene rings is 2. The lowest BCUT2D eigenvalue weighted by Gasteiger charge is -2.30. The zero-order valence-corrected chi connectivity index (χ0v) is 21.7. The Kier molecular flexibility index (Phi) is 5.38. The summed E-state index contributed by atoms with van der Waals surface area (Å²) in [5.41, 5.74) is 6.49. The summed E-state index contributed by atoms with van der Waals surface area (Å²) < 4.78 is 47.1. The van der Waals surface area contributed by atoms with Crippen LogP contribution in [0.3, 0.4) is 0 Å². The van der Waals surface area contributed by atoms with E-state index in [1.165, 1.54) is 11.0 Å². The van der Waals surface area contributed by atoms with Crippen LogP contribution in [0.25, 0.3) is 16.7 Å². The van der Waals surface area contributed by atoms with E-state index in [2.05, 4.69) is 24.4 Å². The predicted molar refractivity (Wildman–Crippen MR) is 143 cm³/mol. The molecule has 1 saturated heterocycles. The van der Waals surface area contributed by atoms with E-state index in [1.54, 1.807) is 22.4 Å². The molecule has 1 unspecified atom stereocenters. The van der Waals surface area contributed by atoms with Crippen LogP contribution in [-0.4, -0.2) is 37.7 Å². The minimum atomic E-state index is -2.76. The molecule has 0 spiro atoms. The van der Waals surface area contributed by atoms with Crippen molar-refractivity contribution in [3.8, 4) is 0 Å². The third kappa shape index (κ3) is 3.72. The molecule has 0 radical (unpaired) electrons. The van der Waals surface area contributed by atoms with E-state index < -0.39 is 24.3 Å². The van der Waals surface area contributed by atoms with Crippen LogP contribution < -0.4 is 9.80 Å². The van der Waals surface area contributed by atoms with Gasteiger partial charge < -0.3 is 9.80 Å². The molecule has 37 heavy (non-hydrogen) atoms. The van der Waals surface area contributed by atoms with Gasteiger partial charge in [0.05, 0.1) is 29.3 Å². The Morgan fingerprint density at radius 1 is 1.14 bits per heavy atom. The lowest BCUT2D eigenvalue weighted by Crippen LogP contribution is -2.26. The van der Waals surface area contributed by atoms with Gasteiger partial charge in [-0.05, 0) is 51.1 Å². The van der Waals surface area contributed by atoms with Crippen LogP contribution in [0, 0.1) is 12.7 Å². The number of halogens is 3. The van der Waals surface area contributed by atoms with Crippen molar-refractivity contribution in [3.63, 3.8) is 0 Å². The average molecular weight is 525 g/mol. The van der Waals surface area contributed by atoms with Gasteiger partial charge in [-0.25, -0.2) is 18.2 Å². The maximum atomic E-state index is 15.9. The molecule has 6 rings (SSSR count). The number of aromatic nitrogens is 4. The molecular formula is C27H27F3N6S. The molecule has 6 nitrogen and oxygen atoms in total. The minimum Gasteiger partial charge on any atom is -0.365 e. The first-order valence-corrected chi connectivity index (χ1v) is 12.6. The van der Waals surface area contributed by atoms with Gasteiger partial charge in [0, 0.05) is 47.2 Å². The molecular weight excluding hydrogens is 497 g/mol. The first-order chi connectivity index (χ1) is 17.6. The van der Waals surface area contributed by atoms with Crippen LogP contribution in [0.4, 0.5) is 24.5 Å². The Balaban J connectivity index is 1.49. The smallest absolute Gasteiger partial charge is 0.266 e. The molecule has 10 heteroatoms. The Morgan fingerprint density at radius 2 is 1.89 bits per heavy atom. The molecule has 2 aromatic heterocycles. The second kappa shape index (κ2) is 8.31. The highest BCUT2D eigenvalue weighted by molar-refractivity contribution is 7.78. The van der Waals surface area contributed by atoms with Crippen LogP contribution in [0.1, 0.15) is 54.9 Å². The monoisotopic (exact) mass is 524 g/mol. The number of imidazole rings is 1. The van der Waals surface area contributed by atoms with Crippen molar-refractivity contribution in [3.05, 3.63) is 77.6 Å². The van der Waals surface area contributed by atoms with Crippen molar-refractivity contribution in [2.24, 2.45) is 0 Å². The Morgan fingerprint density at radius 3 is 2.57 bits per heavy atom. The van der Waals surface area contributed by atoms with Crippen LogP contribution >= 0.6 is 12.8 Å². The lowest BCUT2D eigenvalue weighted by atomic mass is 9.97. The van der Waals surface area contributed by atoms with Gasteiger partial charge in [0.1, 0.15) is 17.8 Å². The summed E-state index contributed by atoms with van der Waals surface area (Å²) in [6.45, 7) is 10.2. The zero-order chi connectivity index (χ0) is 26.2. The molecule has 2 aromatic carbocycles. The van der Waals surface area contributed by atoms with Gasteiger partial charge in [-0.15, -0.1) is 0 Å². The van der Waals surface area contributed by atoms with E-state index in [9.17, 15) is 8.78 Å². The fourth-order valence-corrected chi connectivity index (χ4v) is 5.82. The van der Waals surface area contributed by atoms with Crippen molar-refractivity contribution >= 4 is 40.9 Å². The van der Waals surface area contributed by atoms with E-state index in [1.807, 2.05) is 48.6 Å². The maximum Gasteiger partial charge on any atom is 0.266 e. The van der Waals surface area contributed by atoms with E-state index in [0.717, 1.165) is 33.7 Å². The molecule has 192 valence electrons.